The van der Waals surface area contributed by atoms with Crippen molar-refractivity contribution < 1.29 is 27.2 Å². The van der Waals surface area contributed by atoms with Crippen LogP contribution >= 0.6 is 0 Å². The lowest BCUT2D eigenvalue weighted by Gasteiger charge is -2.14. The van der Waals surface area contributed by atoms with Gasteiger partial charge in [0, 0.05) is 25.2 Å². The first-order valence-corrected chi connectivity index (χ1v) is 10.6. The summed E-state index contributed by atoms with van der Waals surface area (Å²) in [6, 6.07) is 12.3. The summed E-state index contributed by atoms with van der Waals surface area (Å²) in [5.41, 5.74) is -0.00474. The molecule has 0 saturated heterocycles. The predicted molar refractivity (Wildman–Crippen MR) is 113 cm³/mol. The second-order valence-electron chi connectivity index (χ2n) is 6.87. The third kappa shape index (κ3) is 4.81. The van der Waals surface area contributed by atoms with Gasteiger partial charge in [-0.25, -0.2) is 22.3 Å². The van der Waals surface area contributed by atoms with Crippen LogP contribution in [0.2, 0.25) is 0 Å². The average Bonchev–Trinajstić information content (AvgIpc) is 2.72. The molecule has 9 nitrogen and oxygen atoms in total. The van der Waals surface area contributed by atoms with E-state index in [1.54, 1.807) is 37.3 Å². The van der Waals surface area contributed by atoms with Gasteiger partial charge in [0.2, 0.25) is 10.0 Å². The maximum atomic E-state index is 12.3. The summed E-state index contributed by atoms with van der Waals surface area (Å²) in [4.78, 5) is 36.5. The summed E-state index contributed by atoms with van der Waals surface area (Å²) in [5.74, 6) is -1.70. The van der Waals surface area contributed by atoms with E-state index in [1.807, 2.05) is 0 Å². The number of fused-ring (bicyclic) bond motifs is 1. The molecular weight excluding hydrogens is 424 g/mol. The first kappa shape index (κ1) is 22.2. The molecule has 0 unspecified atom stereocenters. The van der Waals surface area contributed by atoms with E-state index in [4.69, 9.17) is 9.15 Å². The van der Waals surface area contributed by atoms with Gasteiger partial charge in [0.05, 0.1) is 4.90 Å². The van der Waals surface area contributed by atoms with Crippen LogP contribution in [0.5, 0.6) is 0 Å². The number of carbonyl (C=O) groups is 2. The van der Waals surface area contributed by atoms with E-state index in [0.717, 1.165) is 4.31 Å². The molecule has 10 heteroatoms. The molecule has 3 rings (SSSR count). The molecule has 1 heterocycles. The molecule has 0 saturated carbocycles. The molecule has 0 aliphatic rings. The van der Waals surface area contributed by atoms with Crippen LogP contribution in [0, 0.1) is 6.92 Å². The third-order valence-electron chi connectivity index (χ3n) is 4.46. The Bertz CT molecular complexity index is 1330. The van der Waals surface area contributed by atoms with Crippen LogP contribution in [-0.2, 0) is 19.6 Å². The number of nitrogens with one attached hydrogen (secondary N) is 1. The van der Waals surface area contributed by atoms with Gasteiger partial charge in [0.25, 0.3) is 5.91 Å². The highest BCUT2D eigenvalue weighted by atomic mass is 32.2. The number of hydrogen-bond acceptors (Lipinski definition) is 7. The van der Waals surface area contributed by atoms with Crippen molar-refractivity contribution in [2.45, 2.75) is 11.8 Å². The first-order chi connectivity index (χ1) is 14.6. The molecule has 0 aliphatic heterocycles. The predicted octanol–water partition coefficient (Wildman–Crippen LogP) is 2.15. The minimum Gasteiger partial charge on any atom is -0.452 e. The lowest BCUT2D eigenvalue weighted by Crippen LogP contribution is -2.25. The Hall–Kier alpha value is -3.50. The van der Waals surface area contributed by atoms with E-state index in [2.05, 4.69) is 5.32 Å². The fourth-order valence-electron chi connectivity index (χ4n) is 2.71. The number of anilines is 1. The average molecular weight is 444 g/mol. The second-order valence-corrected chi connectivity index (χ2v) is 9.03. The number of carbonyl (C=O) groups excluding carboxylic acids is 2. The number of aryl methyl sites for hydroxylation is 1. The molecule has 0 aliphatic carbocycles. The SMILES string of the molecule is Cc1ccc(S(=O)(=O)N(C)C)cc1NC(=O)COC(=O)c1cc2ccccc2oc1=O. The number of esters is 1. The fourth-order valence-corrected chi connectivity index (χ4v) is 3.63. The second kappa shape index (κ2) is 8.70. The molecule has 1 N–H and O–H groups in total. The molecule has 0 radical (unpaired) electrons. The summed E-state index contributed by atoms with van der Waals surface area (Å²) < 4.78 is 35.6. The quantitative estimate of drug-likeness (QED) is 0.456. The van der Waals surface area contributed by atoms with E-state index in [-0.39, 0.29) is 16.1 Å². The number of rotatable bonds is 6. The third-order valence-corrected chi connectivity index (χ3v) is 6.27. The number of amides is 1. The Morgan fingerprint density at radius 3 is 2.52 bits per heavy atom. The van der Waals surface area contributed by atoms with Crippen molar-refractivity contribution in [2.75, 3.05) is 26.0 Å². The zero-order chi connectivity index (χ0) is 22.8. The Labute approximate surface area is 178 Å². The van der Waals surface area contributed by atoms with Crippen LogP contribution < -0.4 is 10.9 Å². The van der Waals surface area contributed by atoms with Crippen molar-refractivity contribution in [2.24, 2.45) is 0 Å². The highest BCUT2D eigenvalue weighted by Crippen LogP contribution is 2.22. The van der Waals surface area contributed by atoms with Crippen LogP contribution in [0.3, 0.4) is 0 Å². The van der Waals surface area contributed by atoms with Gasteiger partial charge in [-0.2, -0.15) is 0 Å². The zero-order valence-electron chi connectivity index (χ0n) is 17.0. The standard InChI is InChI=1S/C21H20N2O7S/c1-13-8-9-15(31(27,28)23(2)3)11-17(13)22-19(24)12-29-20(25)16-10-14-6-4-5-7-18(14)30-21(16)26/h4-11H,12H2,1-3H3,(H,22,24). The molecule has 0 fully saturated rings. The van der Waals surface area contributed by atoms with Crippen molar-refractivity contribution in [1.82, 2.24) is 4.31 Å². The number of hydrogen-bond donors (Lipinski definition) is 1. The summed E-state index contributed by atoms with van der Waals surface area (Å²) >= 11 is 0. The minimum atomic E-state index is -3.68. The number of nitrogens with zero attached hydrogens (tertiary/aromatic N) is 1. The molecular formula is C21H20N2O7S. The van der Waals surface area contributed by atoms with Gasteiger partial charge in [-0.1, -0.05) is 24.3 Å². The smallest absolute Gasteiger partial charge is 0.351 e. The Balaban J connectivity index is 1.72. The Kier molecular flexibility index (Phi) is 6.23. The maximum absolute atomic E-state index is 12.3. The highest BCUT2D eigenvalue weighted by Gasteiger charge is 2.20. The fraction of sp³-hybridized carbons (Fsp3) is 0.190. The van der Waals surface area contributed by atoms with Gasteiger partial charge in [-0.05, 0) is 36.8 Å². The summed E-state index contributed by atoms with van der Waals surface area (Å²) in [5, 5.41) is 3.05. The Morgan fingerprint density at radius 2 is 1.81 bits per heavy atom. The summed E-state index contributed by atoms with van der Waals surface area (Å²) in [6.45, 7) is 1.02. The monoisotopic (exact) mass is 444 g/mol. The molecule has 3 aromatic rings. The van der Waals surface area contributed by atoms with E-state index in [9.17, 15) is 22.8 Å². The minimum absolute atomic E-state index is 0.00386. The lowest BCUT2D eigenvalue weighted by atomic mass is 10.2. The topological polar surface area (TPSA) is 123 Å². The van der Waals surface area contributed by atoms with Gasteiger partial charge < -0.3 is 14.5 Å². The van der Waals surface area contributed by atoms with Crippen molar-refractivity contribution in [3.8, 4) is 0 Å². The van der Waals surface area contributed by atoms with E-state index < -0.39 is 34.1 Å². The Morgan fingerprint density at radius 1 is 1.10 bits per heavy atom. The van der Waals surface area contributed by atoms with Gasteiger partial charge >= 0.3 is 11.6 Å². The zero-order valence-corrected chi connectivity index (χ0v) is 17.9. The number of ether oxygens (including phenoxy) is 1. The van der Waals surface area contributed by atoms with Gasteiger partial charge in [-0.15, -0.1) is 0 Å². The molecule has 0 bridgehead atoms. The molecule has 31 heavy (non-hydrogen) atoms. The van der Waals surface area contributed by atoms with Crippen LogP contribution in [0.25, 0.3) is 11.0 Å². The number of sulfonamides is 1. The van der Waals surface area contributed by atoms with E-state index in [1.165, 1.54) is 32.3 Å². The lowest BCUT2D eigenvalue weighted by molar-refractivity contribution is -0.119. The van der Waals surface area contributed by atoms with Gasteiger partial charge in [0.1, 0.15) is 11.1 Å². The van der Waals surface area contributed by atoms with Gasteiger partial charge in [0.15, 0.2) is 6.61 Å². The molecule has 0 spiro atoms. The van der Waals surface area contributed by atoms with Crippen LogP contribution in [0.1, 0.15) is 15.9 Å². The van der Waals surface area contributed by atoms with Crippen molar-refractivity contribution in [3.63, 3.8) is 0 Å². The van der Waals surface area contributed by atoms with Crippen molar-refractivity contribution in [1.29, 1.82) is 0 Å². The van der Waals surface area contributed by atoms with Gasteiger partial charge in [-0.3, -0.25) is 4.79 Å². The van der Waals surface area contributed by atoms with E-state index >= 15 is 0 Å². The molecule has 2 aromatic carbocycles. The normalized spacial score (nSPS) is 11.5. The summed E-state index contributed by atoms with van der Waals surface area (Å²) in [7, 11) is -0.887. The largest absolute Gasteiger partial charge is 0.452 e. The van der Waals surface area contributed by atoms with Crippen LogP contribution in [-0.4, -0.2) is 45.3 Å². The molecule has 0 atom stereocenters. The van der Waals surface area contributed by atoms with Crippen molar-refractivity contribution in [3.05, 3.63) is 70.1 Å². The van der Waals surface area contributed by atoms with E-state index in [0.29, 0.717) is 16.5 Å². The number of para-hydroxylation sites is 1. The maximum Gasteiger partial charge on any atom is 0.351 e. The number of benzene rings is 2. The molecule has 162 valence electrons. The molecule has 1 amide bonds. The van der Waals surface area contributed by atoms with Crippen LogP contribution in [0.15, 0.2) is 62.6 Å². The van der Waals surface area contributed by atoms with Crippen LogP contribution in [0.4, 0.5) is 5.69 Å². The van der Waals surface area contributed by atoms with Crippen molar-refractivity contribution >= 4 is 38.6 Å². The highest BCUT2D eigenvalue weighted by molar-refractivity contribution is 7.89. The summed E-state index contributed by atoms with van der Waals surface area (Å²) in [6.07, 6.45) is 0. The molecule has 1 aromatic heterocycles. The first-order valence-electron chi connectivity index (χ1n) is 9.12.